The Kier molecular flexibility index (Phi) is 4.88. The number of aliphatic hydroxyl groups is 1. The summed E-state index contributed by atoms with van der Waals surface area (Å²) in [6, 6.07) is 6.04. The molecule has 1 heterocycles. The first kappa shape index (κ1) is 14.3. The van der Waals surface area contributed by atoms with Crippen LogP contribution in [-0.2, 0) is 11.2 Å². The molecular weight excluding hydrogens is 277 g/mol. The number of carbonyl (C=O) groups excluding carboxylic acids is 1. The van der Waals surface area contributed by atoms with E-state index in [9.17, 15) is 9.18 Å². The minimum absolute atomic E-state index is 0.146. The van der Waals surface area contributed by atoms with Gasteiger partial charge in [-0.2, -0.15) is 11.3 Å². The van der Waals surface area contributed by atoms with E-state index in [-0.39, 0.29) is 24.5 Å². The van der Waals surface area contributed by atoms with Crippen LogP contribution >= 0.6 is 11.3 Å². The number of rotatable bonds is 3. The van der Waals surface area contributed by atoms with E-state index in [1.54, 1.807) is 0 Å². The second-order valence-electron chi connectivity index (χ2n) is 4.01. The van der Waals surface area contributed by atoms with Crippen molar-refractivity contribution in [2.24, 2.45) is 0 Å². The fraction of sp³-hybridized carbons (Fsp3) is 0.133. The van der Waals surface area contributed by atoms with Gasteiger partial charge in [0.05, 0.1) is 12.0 Å². The second kappa shape index (κ2) is 6.85. The smallest absolute Gasteiger partial charge is 0.228 e. The predicted octanol–water partition coefficient (Wildman–Crippen LogP) is 2.41. The number of benzene rings is 1. The molecule has 0 fully saturated rings. The largest absolute Gasteiger partial charge is 0.384 e. The summed E-state index contributed by atoms with van der Waals surface area (Å²) in [5.74, 6) is 4.22. The molecule has 2 rings (SSSR count). The first-order valence-corrected chi connectivity index (χ1v) is 6.83. The van der Waals surface area contributed by atoms with E-state index in [0.29, 0.717) is 5.69 Å². The molecular formula is C15H12FNO2S. The monoisotopic (exact) mass is 289 g/mol. The van der Waals surface area contributed by atoms with E-state index in [2.05, 4.69) is 17.2 Å². The van der Waals surface area contributed by atoms with Crippen LogP contribution in [-0.4, -0.2) is 17.6 Å². The Morgan fingerprint density at radius 3 is 2.95 bits per heavy atom. The third kappa shape index (κ3) is 3.92. The Labute approximate surface area is 120 Å². The number of halogens is 1. The Hall–Kier alpha value is -2.16. The van der Waals surface area contributed by atoms with Gasteiger partial charge in [0.2, 0.25) is 5.91 Å². The maximum absolute atomic E-state index is 13.4. The Morgan fingerprint density at radius 1 is 1.40 bits per heavy atom. The molecule has 1 aromatic heterocycles. The average molecular weight is 289 g/mol. The van der Waals surface area contributed by atoms with E-state index >= 15 is 0 Å². The SMILES string of the molecule is O=C(Cc1ccsc1)Nc1ccc(F)c(C#CCO)c1. The summed E-state index contributed by atoms with van der Waals surface area (Å²) < 4.78 is 13.4. The number of amides is 1. The highest BCUT2D eigenvalue weighted by atomic mass is 32.1. The summed E-state index contributed by atoms with van der Waals surface area (Å²) in [5.41, 5.74) is 1.57. The van der Waals surface area contributed by atoms with Crippen LogP contribution in [0.3, 0.4) is 0 Å². The van der Waals surface area contributed by atoms with Gasteiger partial charge in [-0.05, 0) is 40.6 Å². The van der Waals surface area contributed by atoms with Crippen molar-refractivity contribution in [2.45, 2.75) is 6.42 Å². The van der Waals surface area contributed by atoms with Gasteiger partial charge in [0.25, 0.3) is 0 Å². The highest BCUT2D eigenvalue weighted by molar-refractivity contribution is 7.08. The molecule has 0 unspecified atom stereocenters. The number of hydrogen-bond donors (Lipinski definition) is 2. The van der Waals surface area contributed by atoms with Gasteiger partial charge in [-0.15, -0.1) is 0 Å². The number of carbonyl (C=O) groups is 1. The molecule has 1 amide bonds. The maximum atomic E-state index is 13.4. The van der Waals surface area contributed by atoms with Crippen LogP contribution in [0.1, 0.15) is 11.1 Å². The van der Waals surface area contributed by atoms with Gasteiger partial charge < -0.3 is 10.4 Å². The first-order valence-electron chi connectivity index (χ1n) is 5.89. The summed E-state index contributed by atoms with van der Waals surface area (Å²) in [6.45, 7) is -0.339. The highest BCUT2D eigenvalue weighted by Gasteiger charge is 2.06. The van der Waals surface area contributed by atoms with E-state index in [1.807, 2.05) is 16.8 Å². The highest BCUT2D eigenvalue weighted by Crippen LogP contribution is 2.15. The molecule has 0 atom stereocenters. The molecule has 0 bridgehead atoms. The lowest BCUT2D eigenvalue weighted by Crippen LogP contribution is -2.14. The molecule has 102 valence electrons. The molecule has 3 nitrogen and oxygen atoms in total. The van der Waals surface area contributed by atoms with Crippen LogP contribution in [0.25, 0.3) is 0 Å². The topological polar surface area (TPSA) is 49.3 Å². The van der Waals surface area contributed by atoms with Gasteiger partial charge >= 0.3 is 0 Å². The molecule has 0 saturated heterocycles. The van der Waals surface area contributed by atoms with Crippen LogP contribution in [0.4, 0.5) is 10.1 Å². The van der Waals surface area contributed by atoms with Gasteiger partial charge in [0.1, 0.15) is 12.4 Å². The van der Waals surface area contributed by atoms with Gasteiger partial charge in [-0.25, -0.2) is 4.39 Å². The zero-order valence-corrected chi connectivity index (χ0v) is 11.3. The number of nitrogens with one attached hydrogen (secondary N) is 1. The molecule has 1 aromatic carbocycles. The molecule has 0 aliphatic rings. The second-order valence-corrected chi connectivity index (χ2v) is 4.79. The van der Waals surface area contributed by atoms with Gasteiger partial charge in [-0.3, -0.25) is 4.79 Å². The molecule has 2 N–H and O–H groups in total. The molecule has 5 heteroatoms. The summed E-state index contributed by atoms with van der Waals surface area (Å²) in [5, 5.41) is 15.1. The van der Waals surface area contributed by atoms with Crippen LogP contribution in [0.15, 0.2) is 35.0 Å². The molecule has 0 aliphatic carbocycles. The molecule has 0 saturated carbocycles. The summed E-state index contributed by atoms with van der Waals surface area (Å²) in [6.07, 6.45) is 0.276. The van der Waals surface area contributed by atoms with Gasteiger partial charge in [0, 0.05) is 5.69 Å². The Balaban J connectivity index is 2.07. The van der Waals surface area contributed by atoms with E-state index < -0.39 is 5.82 Å². The number of anilines is 1. The predicted molar refractivity (Wildman–Crippen MR) is 77.0 cm³/mol. The van der Waals surface area contributed by atoms with Crippen molar-refractivity contribution in [2.75, 3.05) is 11.9 Å². The molecule has 2 aromatic rings. The lowest BCUT2D eigenvalue weighted by Gasteiger charge is -2.05. The van der Waals surface area contributed by atoms with Gasteiger partial charge in [-0.1, -0.05) is 11.8 Å². The number of aliphatic hydroxyl groups excluding tert-OH is 1. The zero-order chi connectivity index (χ0) is 14.4. The van der Waals surface area contributed by atoms with Crippen molar-refractivity contribution in [3.8, 4) is 11.8 Å². The van der Waals surface area contributed by atoms with E-state index in [4.69, 9.17) is 5.11 Å². The quantitative estimate of drug-likeness (QED) is 0.853. The van der Waals surface area contributed by atoms with Crippen molar-refractivity contribution < 1.29 is 14.3 Å². The summed E-state index contributed by atoms with van der Waals surface area (Å²) in [4.78, 5) is 11.8. The van der Waals surface area contributed by atoms with Crippen molar-refractivity contribution in [1.82, 2.24) is 0 Å². The van der Waals surface area contributed by atoms with Crippen molar-refractivity contribution >= 4 is 22.9 Å². The normalized spacial score (nSPS) is 9.70. The van der Waals surface area contributed by atoms with E-state index in [1.165, 1.54) is 29.5 Å². The number of thiophene rings is 1. The minimum atomic E-state index is -0.484. The number of hydrogen-bond acceptors (Lipinski definition) is 3. The third-order valence-electron chi connectivity index (χ3n) is 2.50. The van der Waals surface area contributed by atoms with Crippen LogP contribution in [0, 0.1) is 17.7 Å². The van der Waals surface area contributed by atoms with Gasteiger partial charge in [0.15, 0.2) is 0 Å². The molecule has 20 heavy (non-hydrogen) atoms. The molecule has 0 aliphatic heterocycles. The first-order chi connectivity index (χ1) is 9.69. The van der Waals surface area contributed by atoms with E-state index in [0.717, 1.165) is 5.56 Å². The van der Waals surface area contributed by atoms with Crippen molar-refractivity contribution in [1.29, 1.82) is 0 Å². The third-order valence-corrected chi connectivity index (χ3v) is 3.23. The lowest BCUT2D eigenvalue weighted by atomic mass is 10.1. The van der Waals surface area contributed by atoms with Crippen molar-refractivity contribution in [3.05, 3.63) is 52.0 Å². The molecule has 0 spiro atoms. The minimum Gasteiger partial charge on any atom is -0.384 e. The van der Waals surface area contributed by atoms with Crippen LogP contribution < -0.4 is 5.32 Å². The average Bonchev–Trinajstić information content (AvgIpc) is 2.92. The Bertz CT molecular complexity index is 656. The molecule has 0 radical (unpaired) electrons. The van der Waals surface area contributed by atoms with Crippen molar-refractivity contribution in [3.63, 3.8) is 0 Å². The van der Waals surface area contributed by atoms with Crippen LogP contribution in [0.2, 0.25) is 0 Å². The summed E-state index contributed by atoms with van der Waals surface area (Å²) >= 11 is 1.53. The Morgan fingerprint density at radius 2 is 2.25 bits per heavy atom. The summed E-state index contributed by atoms with van der Waals surface area (Å²) in [7, 11) is 0. The fourth-order valence-corrected chi connectivity index (χ4v) is 2.29. The van der Waals surface area contributed by atoms with Crippen LogP contribution in [0.5, 0.6) is 0 Å². The maximum Gasteiger partial charge on any atom is 0.228 e. The zero-order valence-electron chi connectivity index (χ0n) is 10.5. The lowest BCUT2D eigenvalue weighted by molar-refractivity contribution is -0.115. The standard InChI is InChI=1S/C15H12FNO2S/c16-14-4-3-13(9-12(14)2-1-6-18)17-15(19)8-11-5-7-20-10-11/h3-5,7,9-10,18H,6,8H2,(H,17,19). The fourth-order valence-electron chi connectivity index (χ4n) is 1.62.